The molecule has 0 radical (unpaired) electrons. The number of methoxy groups -OCH3 is 1. The highest BCUT2D eigenvalue weighted by Gasteiger charge is 2.44. The fourth-order valence-corrected chi connectivity index (χ4v) is 3.45. The number of ether oxygens (including phenoxy) is 1. The minimum atomic E-state index is -0.979. The van der Waals surface area contributed by atoms with Crippen molar-refractivity contribution in [1.29, 1.82) is 0 Å². The minimum Gasteiger partial charge on any atom is -0.469 e. The molecule has 25 heavy (non-hydrogen) atoms. The van der Waals surface area contributed by atoms with Crippen LogP contribution in [0.25, 0.3) is 0 Å². The van der Waals surface area contributed by atoms with Crippen LogP contribution >= 0.6 is 0 Å². The number of esters is 1. The smallest absolute Gasteiger partial charge is 0.305 e. The van der Waals surface area contributed by atoms with Crippen molar-refractivity contribution in [3.05, 3.63) is 35.9 Å². The molecule has 0 spiro atoms. The summed E-state index contributed by atoms with van der Waals surface area (Å²) in [4.78, 5) is 27.4. The van der Waals surface area contributed by atoms with Crippen molar-refractivity contribution < 1.29 is 19.4 Å². The number of carbonyl (C=O) groups is 2. The van der Waals surface area contributed by atoms with E-state index in [0.717, 1.165) is 5.56 Å². The summed E-state index contributed by atoms with van der Waals surface area (Å²) in [5.41, 5.74) is -0.0976. The van der Waals surface area contributed by atoms with E-state index >= 15 is 0 Å². The van der Waals surface area contributed by atoms with Gasteiger partial charge >= 0.3 is 5.97 Å². The Hall–Kier alpha value is -1.92. The maximum atomic E-state index is 12.5. The number of benzene rings is 1. The number of rotatable bonds is 6. The summed E-state index contributed by atoms with van der Waals surface area (Å²) in [6.07, 6.45) is 1.54. The molecule has 6 heteroatoms. The molecule has 1 heterocycles. The topological polar surface area (TPSA) is 70.1 Å². The zero-order valence-corrected chi connectivity index (χ0v) is 15.3. The van der Waals surface area contributed by atoms with Crippen LogP contribution in [0.4, 0.5) is 0 Å². The van der Waals surface area contributed by atoms with E-state index in [2.05, 4.69) is 4.74 Å². The van der Waals surface area contributed by atoms with Crippen LogP contribution in [0.1, 0.15) is 31.2 Å². The van der Waals surface area contributed by atoms with E-state index in [1.54, 1.807) is 4.90 Å². The molecule has 1 aliphatic heterocycles. The van der Waals surface area contributed by atoms with E-state index in [9.17, 15) is 14.7 Å². The Balaban J connectivity index is 2.03. The molecule has 2 atom stereocenters. The molecule has 1 N–H and O–H groups in total. The van der Waals surface area contributed by atoms with Gasteiger partial charge in [-0.1, -0.05) is 30.3 Å². The van der Waals surface area contributed by atoms with Gasteiger partial charge in [0.15, 0.2) is 0 Å². The van der Waals surface area contributed by atoms with Crippen LogP contribution in [0.15, 0.2) is 30.3 Å². The predicted molar refractivity (Wildman–Crippen MR) is 94.9 cm³/mol. The molecular weight excluding hydrogens is 320 g/mol. The van der Waals surface area contributed by atoms with Crippen molar-refractivity contribution >= 4 is 11.9 Å². The highest BCUT2D eigenvalue weighted by atomic mass is 16.5. The zero-order valence-electron chi connectivity index (χ0n) is 15.3. The molecule has 1 aromatic carbocycles. The van der Waals surface area contributed by atoms with Crippen LogP contribution in [0, 0.1) is 0 Å². The van der Waals surface area contributed by atoms with Crippen molar-refractivity contribution in [2.24, 2.45) is 0 Å². The van der Waals surface area contributed by atoms with Crippen LogP contribution < -0.4 is 0 Å². The highest BCUT2D eigenvalue weighted by molar-refractivity contribution is 5.77. The van der Waals surface area contributed by atoms with Gasteiger partial charge in [-0.15, -0.1) is 0 Å². The molecule has 1 aromatic rings. The fourth-order valence-electron chi connectivity index (χ4n) is 3.45. The Labute approximate surface area is 149 Å². The molecule has 2 rings (SSSR count). The maximum Gasteiger partial charge on any atom is 0.305 e. The normalized spacial score (nSPS) is 23.6. The van der Waals surface area contributed by atoms with Crippen molar-refractivity contribution in [3.63, 3.8) is 0 Å². The van der Waals surface area contributed by atoms with Crippen LogP contribution in [0.2, 0.25) is 0 Å². The summed E-state index contributed by atoms with van der Waals surface area (Å²) >= 11 is 0. The van der Waals surface area contributed by atoms with Gasteiger partial charge in [-0.2, -0.15) is 0 Å². The second-order valence-electron chi connectivity index (χ2n) is 6.79. The van der Waals surface area contributed by atoms with Crippen molar-refractivity contribution in [1.82, 2.24) is 9.80 Å². The van der Waals surface area contributed by atoms with Gasteiger partial charge in [0, 0.05) is 25.9 Å². The van der Waals surface area contributed by atoms with Crippen LogP contribution in [-0.4, -0.2) is 67.1 Å². The maximum absolute atomic E-state index is 12.5. The second kappa shape index (κ2) is 8.45. The SMILES string of the molecule is COC(=O)CCCC(=O)N1CC[C@](O)(c2ccccc2)[C@H](N(C)C)C1. The first-order valence-electron chi connectivity index (χ1n) is 8.67. The fraction of sp³-hybridized carbons (Fsp3) is 0.579. The number of hydrogen-bond donors (Lipinski definition) is 1. The lowest BCUT2D eigenvalue weighted by Gasteiger charge is -2.47. The van der Waals surface area contributed by atoms with E-state index in [4.69, 9.17) is 0 Å². The van der Waals surface area contributed by atoms with E-state index < -0.39 is 5.60 Å². The van der Waals surface area contributed by atoms with Gasteiger partial charge in [0.2, 0.25) is 5.91 Å². The number of aliphatic hydroxyl groups is 1. The molecule has 6 nitrogen and oxygen atoms in total. The summed E-state index contributed by atoms with van der Waals surface area (Å²) < 4.78 is 4.60. The molecule has 0 aromatic heterocycles. The summed E-state index contributed by atoms with van der Waals surface area (Å²) in [6, 6.07) is 9.45. The van der Waals surface area contributed by atoms with Crippen LogP contribution in [0.5, 0.6) is 0 Å². The average molecular weight is 348 g/mol. The Bertz CT molecular complexity index is 590. The summed E-state index contributed by atoms with van der Waals surface area (Å²) in [6.45, 7) is 0.974. The average Bonchev–Trinajstić information content (AvgIpc) is 2.62. The number of hydrogen-bond acceptors (Lipinski definition) is 5. The van der Waals surface area contributed by atoms with E-state index in [0.29, 0.717) is 32.4 Å². The summed E-state index contributed by atoms with van der Waals surface area (Å²) in [5, 5.41) is 11.3. The molecule has 1 amide bonds. The minimum absolute atomic E-state index is 0.0193. The van der Waals surface area contributed by atoms with Gasteiger partial charge in [0.1, 0.15) is 5.60 Å². The van der Waals surface area contributed by atoms with Crippen LogP contribution in [-0.2, 0) is 19.9 Å². The number of carbonyl (C=O) groups excluding carboxylic acids is 2. The molecule has 0 unspecified atom stereocenters. The third-order valence-corrected chi connectivity index (χ3v) is 4.96. The van der Waals surface area contributed by atoms with Crippen molar-refractivity contribution in [3.8, 4) is 0 Å². The molecule has 138 valence electrons. The predicted octanol–water partition coefficient (Wildman–Crippen LogP) is 1.38. The summed E-state index contributed by atoms with van der Waals surface area (Å²) in [7, 11) is 5.19. The van der Waals surface area contributed by atoms with Gasteiger partial charge in [0.05, 0.1) is 13.2 Å². The first kappa shape index (κ1) is 19.4. The lowest BCUT2D eigenvalue weighted by molar-refractivity contribution is -0.143. The molecule has 1 saturated heterocycles. The standard InChI is InChI=1S/C19H28N2O4/c1-20(2)16-14-21(17(22)10-7-11-18(23)25-3)13-12-19(16,24)15-8-5-4-6-9-15/h4-6,8-9,16,24H,7,10-14H2,1-3H3/t16-,19+/m1/s1. The second-order valence-corrected chi connectivity index (χ2v) is 6.79. The molecule has 1 fully saturated rings. The van der Waals surface area contributed by atoms with Crippen molar-refractivity contribution in [2.75, 3.05) is 34.3 Å². The first-order chi connectivity index (χ1) is 11.9. The van der Waals surface area contributed by atoms with Gasteiger partial charge in [-0.25, -0.2) is 0 Å². The lowest BCUT2D eigenvalue weighted by Crippen LogP contribution is -2.60. The van der Waals surface area contributed by atoms with Gasteiger partial charge in [-0.3, -0.25) is 9.59 Å². The van der Waals surface area contributed by atoms with E-state index in [1.807, 2.05) is 49.3 Å². The number of nitrogens with zero attached hydrogens (tertiary/aromatic N) is 2. The van der Waals surface area contributed by atoms with E-state index in [1.165, 1.54) is 7.11 Å². The third kappa shape index (κ3) is 4.58. The van der Waals surface area contributed by atoms with Crippen LogP contribution in [0.3, 0.4) is 0 Å². The molecule has 0 saturated carbocycles. The van der Waals surface area contributed by atoms with Gasteiger partial charge < -0.3 is 19.6 Å². The van der Waals surface area contributed by atoms with Gasteiger partial charge in [-0.05, 0) is 32.5 Å². The number of likely N-dealkylation sites (N-methyl/N-ethyl adjacent to an activating group) is 1. The lowest BCUT2D eigenvalue weighted by atomic mass is 9.79. The largest absolute Gasteiger partial charge is 0.469 e. The quantitative estimate of drug-likeness (QED) is 0.787. The Morgan fingerprint density at radius 3 is 2.56 bits per heavy atom. The number of likely N-dealkylation sites (tertiary alicyclic amines) is 1. The zero-order chi connectivity index (χ0) is 18.4. The first-order valence-corrected chi connectivity index (χ1v) is 8.67. The summed E-state index contributed by atoms with van der Waals surface area (Å²) in [5.74, 6) is -0.276. The van der Waals surface area contributed by atoms with Gasteiger partial charge in [0.25, 0.3) is 0 Å². The molecular formula is C19H28N2O4. The Morgan fingerprint density at radius 2 is 1.96 bits per heavy atom. The highest BCUT2D eigenvalue weighted by Crippen LogP contribution is 2.35. The van der Waals surface area contributed by atoms with E-state index in [-0.39, 0.29) is 24.3 Å². The van der Waals surface area contributed by atoms with Crippen molar-refractivity contribution in [2.45, 2.75) is 37.3 Å². The Morgan fingerprint density at radius 1 is 1.28 bits per heavy atom. The monoisotopic (exact) mass is 348 g/mol. The molecule has 0 aliphatic carbocycles. The third-order valence-electron chi connectivity index (χ3n) is 4.96. The Kier molecular flexibility index (Phi) is 6.56. The number of amides is 1. The molecule has 0 bridgehead atoms. The number of piperidine rings is 1. The molecule has 1 aliphatic rings.